The van der Waals surface area contributed by atoms with Crippen LogP contribution in [-0.4, -0.2) is 13.7 Å². The van der Waals surface area contributed by atoms with Crippen LogP contribution in [0.2, 0.25) is 0 Å². The van der Waals surface area contributed by atoms with Crippen molar-refractivity contribution in [3.05, 3.63) is 217 Å². The molecule has 3 heteroatoms. The molecule has 3 aromatic heterocycles. The molecule has 10 aromatic rings. The van der Waals surface area contributed by atoms with Gasteiger partial charge in [0.1, 0.15) is 0 Å². The Morgan fingerprint density at radius 2 is 1.12 bits per heavy atom. The fourth-order valence-electron chi connectivity index (χ4n) is 9.03. The maximum atomic E-state index is 4.27. The van der Waals surface area contributed by atoms with E-state index in [1.54, 1.807) is 0 Å². The molecule has 0 saturated heterocycles. The highest BCUT2D eigenvalue weighted by Crippen LogP contribution is 2.40. The third kappa shape index (κ3) is 5.82. The number of para-hydroxylation sites is 4. The van der Waals surface area contributed by atoms with Gasteiger partial charge in [0.15, 0.2) is 0 Å². The second kappa shape index (κ2) is 14.7. The van der Waals surface area contributed by atoms with E-state index >= 15 is 0 Å². The maximum absolute atomic E-state index is 4.27. The highest BCUT2D eigenvalue weighted by Gasteiger charge is 2.21. The molecule has 282 valence electrons. The molecule has 0 N–H and O–H groups in total. The van der Waals surface area contributed by atoms with Gasteiger partial charge in [0.2, 0.25) is 0 Å². The van der Waals surface area contributed by atoms with Crippen LogP contribution < -0.4 is 10.6 Å². The van der Waals surface area contributed by atoms with Crippen LogP contribution in [0.3, 0.4) is 0 Å². The molecule has 0 aliphatic heterocycles. The van der Waals surface area contributed by atoms with E-state index in [2.05, 4.69) is 204 Å². The van der Waals surface area contributed by atoms with Crippen LogP contribution in [0.25, 0.3) is 100 Å². The van der Waals surface area contributed by atoms with Gasteiger partial charge >= 0.3 is 0 Å². The van der Waals surface area contributed by atoms with E-state index in [4.69, 9.17) is 0 Å². The Balaban J connectivity index is 1.18. The molecule has 0 radical (unpaired) electrons. The van der Waals surface area contributed by atoms with Crippen molar-refractivity contribution in [2.45, 2.75) is 13.8 Å². The molecule has 0 aliphatic rings. The van der Waals surface area contributed by atoms with Crippen molar-refractivity contribution in [1.82, 2.24) is 13.7 Å². The molecule has 0 atom stereocenters. The van der Waals surface area contributed by atoms with E-state index in [-0.39, 0.29) is 0 Å². The number of benzene rings is 7. The molecule has 0 saturated carbocycles. The smallest absolute Gasteiger partial charge is 0.0782 e. The zero-order valence-corrected chi connectivity index (χ0v) is 33.3. The molecule has 0 bridgehead atoms. The Labute approximate surface area is 344 Å². The van der Waals surface area contributed by atoms with Gasteiger partial charge in [0.05, 0.1) is 38.6 Å². The van der Waals surface area contributed by atoms with Gasteiger partial charge in [0.25, 0.3) is 0 Å². The standard InChI is InChI=1S/C56H43N3/c1-5-8-9-19-38(4)39-30-32-40(33-31-39)41-20-16-21-42(36-41)57-50(18-6-2)44(7-3)49-37-43(34-35-54(49)57)58-51-26-13-12-24-47(51)48-25-17-29-55(56(48)58)59-52-27-14-10-22-45(52)46-23-11-15-28-53(46)59/h5-37H,2,4H2,1,3H3/b8-5-,19-9-,44-7-,50-18+. The van der Waals surface area contributed by atoms with Gasteiger partial charge in [-0.1, -0.05) is 153 Å². The fourth-order valence-corrected chi connectivity index (χ4v) is 9.03. The van der Waals surface area contributed by atoms with Crippen molar-refractivity contribution in [3.8, 4) is 28.2 Å². The van der Waals surface area contributed by atoms with Crippen LogP contribution in [0.4, 0.5) is 0 Å². The molecule has 0 fully saturated rings. The van der Waals surface area contributed by atoms with E-state index < -0.39 is 0 Å². The summed E-state index contributed by atoms with van der Waals surface area (Å²) < 4.78 is 7.28. The number of nitrogens with zero attached hydrogens (tertiary/aromatic N) is 3. The van der Waals surface area contributed by atoms with Crippen LogP contribution >= 0.6 is 0 Å². The van der Waals surface area contributed by atoms with Gasteiger partial charge in [-0.15, -0.1) is 0 Å². The summed E-state index contributed by atoms with van der Waals surface area (Å²) in [5.74, 6) is 0. The zero-order chi connectivity index (χ0) is 40.0. The van der Waals surface area contributed by atoms with Crippen LogP contribution in [0.1, 0.15) is 19.4 Å². The lowest BCUT2D eigenvalue weighted by atomic mass is 10.0. The van der Waals surface area contributed by atoms with E-state index in [1.807, 2.05) is 37.3 Å². The second-order valence-corrected chi connectivity index (χ2v) is 15.0. The minimum atomic E-state index is 0.985. The fraction of sp³-hybridized carbons (Fsp3) is 0.0357. The number of hydrogen-bond donors (Lipinski definition) is 0. The molecule has 59 heavy (non-hydrogen) atoms. The summed E-state index contributed by atoms with van der Waals surface area (Å²) in [7, 11) is 0. The summed E-state index contributed by atoms with van der Waals surface area (Å²) in [4.78, 5) is 0. The largest absolute Gasteiger partial charge is 0.309 e. The number of fused-ring (bicyclic) bond motifs is 7. The lowest BCUT2D eigenvalue weighted by molar-refractivity contribution is 1.07. The molecule has 10 rings (SSSR count). The first kappa shape index (κ1) is 35.8. The molecular weight excluding hydrogens is 715 g/mol. The lowest BCUT2D eigenvalue weighted by Gasteiger charge is -2.15. The van der Waals surface area contributed by atoms with E-state index in [0.29, 0.717) is 0 Å². The Bertz CT molecular complexity index is 3430. The van der Waals surface area contributed by atoms with Gasteiger partial charge in [0, 0.05) is 43.5 Å². The minimum absolute atomic E-state index is 0.985. The molecule has 0 unspecified atom stereocenters. The van der Waals surface area contributed by atoms with Crippen LogP contribution in [0.15, 0.2) is 201 Å². The van der Waals surface area contributed by atoms with Crippen molar-refractivity contribution >= 4 is 72.2 Å². The Morgan fingerprint density at radius 3 is 1.80 bits per heavy atom. The molecule has 0 spiro atoms. The topological polar surface area (TPSA) is 14.8 Å². The van der Waals surface area contributed by atoms with Crippen molar-refractivity contribution in [2.24, 2.45) is 0 Å². The van der Waals surface area contributed by atoms with Gasteiger partial charge in [-0.3, -0.25) is 0 Å². The van der Waals surface area contributed by atoms with Gasteiger partial charge < -0.3 is 13.7 Å². The molecule has 7 aromatic carbocycles. The predicted molar refractivity (Wildman–Crippen MR) is 254 cm³/mol. The normalized spacial score (nSPS) is 12.8. The highest BCUT2D eigenvalue weighted by molar-refractivity contribution is 6.15. The first-order valence-electron chi connectivity index (χ1n) is 20.2. The first-order chi connectivity index (χ1) is 29.1. The van der Waals surface area contributed by atoms with Crippen LogP contribution in [-0.2, 0) is 0 Å². The van der Waals surface area contributed by atoms with Crippen molar-refractivity contribution in [2.75, 3.05) is 0 Å². The van der Waals surface area contributed by atoms with Crippen LogP contribution in [0.5, 0.6) is 0 Å². The number of hydrogen-bond acceptors (Lipinski definition) is 0. The lowest BCUT2D eigenvalue weighted by Crippen LogP contribution is -2.27. The number of allylic oxidation sites excluding steroid dienone is 6. The second-order valence-electron chi connectivity index (χ2n) is 15.0. The average Bonchev–Trinajstić information content (AvgIpc) is 3.92. The molecule has 0 amide bonds. The summed E-state index contributed by atoms with van der Waals surface area (Å²) in [6.07, 6.45) is 14.4. The van der Waals surface area contributed by atoms with Crippen molar-refractivity contribution < 1.29 is 0 Å². The molecule has 3 nitrogen and oxygen atoms in total. The van der Waals surface area contributed by atoms with Crippen LogP contribution in [0, 0.1) is 0 Å². The Hall–Kier alpha value is -7.62. The summed E-state index contributed by atoms with van der Waals surface area (Å²) in [5.41, 5.74) is 13.6. The average molecular weight is 758 g/mol. The van der Waals surface area contributed by atoms with E-state index in [1.165, 1.54) is 54.2 Å². The van der Waals surface area contributed by atoms with E-state index in [9.17, 15) is 0 Å². The quantitative estimate of drug-likeness (QED) is 0.137. The number of rotatable bonds is 8. The molecule has 3 heterocycles. The summed E-state index contributed by atoms with van der Waals surface area (Å²) in [5, 5.41) is 8.39. The molecular formula is C56H43N3. The van der Waals surface area contributed by atoms with E-state index in [0.717, 1.165) is 50.2 Å². The van der Waals surface area contributed by atoms with Crippen molar-refractivity contribution in [1.29, 1.82) is 0 Å². The first-order valence-corrected chi connectivity index (χ1v) is 20.2. The monoisotopic (exact) mass is 757 g/mol. The Morgan fingerprint density at radius 1 is 0.508 bits per heavy atom. The Kier molecular flexibility index (Phi) is 8.92. The van der Waals surface area contributed by atoms with Gasteiger partial charge in [-0.2, -0.15) is 0 Å². The third-order valence-electron chi connectivity index (χ3n) is 11.6. The third-order valence-corrected chi connectivity index (χ3v) is 11.6. The summed E-state index contributed by atoms with van der Waals surface area (Å²) in [6.45, 7) is 12.6. The predicted octanol–water partition coefficient (Wildman–Crippen LogP) is 13.4. The summed E-state index contributed by atoms with van der Waals surface area (Å²) in [6, 6.07) is 57.5. The number of aromatic nitrogens is 3. The molecule has 0 aliphatic carbocycles. The zero-order valence-electron chi connectivity index (χ0n) is 33.3. The SMILES string of the molecule is C=C/C=c1\c(=C/C)c2cc(-n3c4ccccc4c4cccc(-n5c6ccccc6c6ccccc65)c43)ccc2n1-c1cccc(-c2ccc(C(=C)/C=C\C=C/C)cc2)c1. The summed E-state index contributed by atoms with van der Waals surface area (Å²) >= 11 is 0. The van der Waals surface area contributed by atoms with Gasteiger partial charge in [-0.05, 0) is 96.8 Å². The highest BCUT2D eigenvalue weighted by atomic mass is 15.1. The minimum Gasteiger partial charge on any atom is -0.309 e. The van der Waals surface area contributed by atoms with Crippen molar-refractivity contribution in [3.63, 3.8) is 0 Å². The van der Waals surface area contributed by atoms with Gasteiger partial charge in [-0.25, -0.2) is 0 Å². The maximum Gasteiger partial charge on any atom is 0.0782 e.